The van der Waals surface area contributed by atoms with Crippen molar-refractivity contribution in [1.29, 1.82) is 0 Å². The zero-order valence-electron chi connectivity index (χ0n) is 15.1. The summed E-state index contributed by atoms with van der Waals surface area (Å²) in [5.74, 6) is -1.18. The SMILES string of the molecule is CN(Cc1cccnc1)C1CCN(C(=O)c2cccn2C)C(C(=O)O)C1. The normalized spacial score (nSPS) is 20.3. The van der Waals surface area contributed by atoms with Gasteiger partial charge < -0.3 is 14.6 Å². The Morgan fingerprint density at radius 2 is 2.15 bits per heavy atom. The number of piperidine rings is 1. The lowest BCUT2D eigenvalue weighted by Crippen LogP contribution is -2.54. The van der Waals surface area contributed by atoms with Gasteiger partial charge in [0.05, 0.1) is 0 Å². The van der Waals surface area contributed by atoms with Crippen molar-refractivity contribution in [2.45, 2.75) is 31.5 Å². The lowest BCUT2D eigenvalue weighted by molar-refractivity contribution is -0.144. The van der Waals surface area contributed by atoms with E-state index in [1.54, 1.807) is 36.1 Å². The van der Waals surface area contributed by atoms with Crippen molar-refractivity contribution in [3.05, 3.63) is 54.1 Å². The summed E-state index contributed by atoms with van der Waals surface area (Å²) in [6, 6.07) is 6.71. The maximum atomic E-state index is 12.8. The van der Waals surface area contributed by atoms with Crippen molar-refractivity contribution in [2.75, 3.05) is 13.6 Å². The smallest absolute Gasteiger partial charge is 0.326 e. The van der Waals surface area contributed by atoms with Gasteiger partial charge >= 0.3 is 5.97 Å². The van der Waals surface area contributed by atoms with E-state index in [0.29, 0.717) is 25.2 Å². The van der Waals surface area contributed by atoms with E-state index in [9.17, 15) is 14.7 Å². The van der Waals surface area contributed by atoms with E-state index >= 15 is 0 Å². The summed E-state index contributed by atoms with van der Waals surface area (Å²) < 4.78 is 1.72. The Morgan fingerprint density at radius 1 is 1.35 bits per heavy atom. The Bertz CT molecular complexity index is 774. The molecule has 1 amide bonds. The van der Waals surface area contributed by atoms with Gasteiger partial charge in [0.1, 0.15) is 11.7 Å². The molecule has 1 saturated heterocycles. The summed E-state index contributed by atoms with van der Waals surface area (Å²) in [5, 5.41) is 9.68. The molecule has 1 aliphatic heterocycles. The zero-order valence-corrected chi connectivity index (χ0v) is 15.1. The van der Waals surface area contributed by atoms with Gasteiger partial charge in [-0.3, -0.25) is 14.7 Å². The fourth-order valence-corrected chi connectivity index (χ4v) is 3.56. The summed E-state index contributed by atoms with van der Waals surface area (Å²) in [4.78, 5) is 32.4. The fraction of sp³-hybridized carbons (Fsp3) is 0.421. The number of carboxylic acid groups (broad SMARTS) is 1. The van der Waals surface area contributed by atoms with Crippen LogP contribution < -0.4 is 0 Å². The van der Waals surface area contributed by atoms with E-state index in [-0.39, 0.29) is 11.9 Å². The molecule has 0 saturated carbocycles. The van der Waals surface area contributed by atoms with Crippen LogP contribution in [0.25, 0.3) is 0 Å². The number of carbonyl (C=O) groups excluding carboxylic acids is 1. The minimum atomic E-state index is -0.952. The van der Waals surface area contributed by atoms with Crippen LogP contribution in [-0.4, -0.2) is 62.0 Å². The van der Waals surface area contributed by atoms with E-state index in [1.807, 2.05) is 25.4 Å². The molecule has 2 aromatic heterocycles. The highest BCUT2D eigenvalue weighted by Gasteiger charge is 2.38. The van der Waals surface area contributed by atoms with Crippen LogP contribution in [0.4, 0.5) is 0 Å². The number of carboxylic acids is 1. The molecule has 0 bridgehead atoms. The number of hydrogen-bond donors (Lipinski definition) is 1. The number of nitrogens with zero attached hydrogens (tertiary/aromatic N) is 4. The fourth-order valence-electron chi connectivity index (χ4n) is 3.56. The third-order valence-corrected chi connectivity index (χ3v) is 5.06. The van der Waals surface area contributed by atoms with Crippen LogP contribution in [0.5, 0.6) is 0 Å². The molecule has 3 heterocycles. The molecule has 2 unspecified atom stereocenters. The molecule has 2 aromatic rings. The van der Waals surface area contributed by atoms with Gasteiger partial charge in [0.2, 0.25) is 0 Å². The maximum Gasteiger partial charge on any atom is 0.326 e. The van der Waals surface area contributed by atoms with Crippen LogP contribution in [0.15, 0.2) is 42.9 Å². The minimum Gasteiger partial charge on any atom is -0.480 e. The number of aliphatic carboxylic acids is 1. The van der Waals surface area contributed by atoms with Gasteiger partial charge in [0, 0.05) is 44.8 Å². The number of pyridine rings is 1. The molecule has 1 fully saturated rings. The average molecular weight is 356 g/mol. The van der Waals surface area contributed by atoms with Crippen molar-refractivity contribution in [1.82, 2.24) is 19.4 Å². The van der Waals surface area contributed by atoms with Gasteiger partial charge in [-0.2, -0.15) is 0 Å². The monoisotopic (exact) mass is 356 g/mol. The maximum absolute atomic E-state index is 12.8. The van der Waals surface area contributed by atoms with Gasteiger partial charge in [0.15, 0.2) is 0 Å². The molecule has 0 aromatic carbocycles. The molecule has 1 aliphatic rings. The van der Waals surface area contributed by atoms with Crippen LogP contribution in [0.2, 0.25) is 0 Å². The highest BCUT2D eigenvalue weighted by atomic mass is 16.4. The molecule has 7 nitrogen and oxygen atoms in total. The molecule has 138 valence electrons. The lowest BCUT2D eigenvalue weighted by Gasteiger charge is -2.40. The Morgan fingerprint density at radius 3 is 2.77 bits per heavy atom. The first-order valence-corrected chi connectivity index (χ1v) is 8.71. The summed E-state index contributed by atoms with van der Waals surface area (Å²) in [6.07, 6.45) is 6.51. The van der Waals surface area contributed by atoms with Crippen LogP contribution in [0, 0.1) is 0 Å². The minimum absolute atomic E-state index is 0.105. The van der Waals surface area contributed by atoms with E-state index in [0.717, 1.165) is 12.0 Å². The largest absolute Gasteiger partial charge is 0.480 e. The van der Waals surface area contributed by atoms with Gasteiger partial charge in [0.25, 0.3) is 5.91 Å². The molecular weight excluding hydrogens is 332 g/mol. The summed E-state index contributed by atoms with van der Waals surface area (Å²) in [7, 11) is 3.78. The number of amides is 1. The van der Waals surface area contributed by atoms with E-state index in [1.165, 1.54) is 4.90 Å². The topological polar surface area (TPSA) is 78.7 Å². The quantitative estimate of drug-likeness (QED) is 0.881. The summed E-state index contributed by atoms with van der Waals surface area (Å²) in [5.41, 5.74) is 1.60. The molecule has 0 aliphatic carbocycles. The second-order valence-electron chi connectivity index (χ2n) is 6.81. The van der Waals surface area contributed by atoms with Crippen molar-refractivity contribution < 1.29 is 14.7 Å². The molecule has 2 atom stereocenters. The second kappa shape index (κ2) is 7.70. The van der Waals surface area contributed by atoms with Crippen LogP contribution in [-0.2, 0) is 18.4 Å². The Labute approximate surface area is 152 Å². The number of aryl methyl sites for hydroxylation is 1. The molecule has 1 N–H and O–H groups in total. The standard InChI is InChI=1S/C19H24N4O3/c1-21-9-4-6-16(21)18(24)23-10-7-15(11-17(23)19(25)26)22(2)13-14-5-3-8-20-12-14/h3-6,8-9,12,15,17H,7,10-11,13H2,1-2H3,(H,25,26). The molecular formula is C19H24N4O3. The highest BCUT2D eigenvalue weighted by molar-refractivity contribution is 5.95. The van der Waals surface area contributed by atoms with E-state index in [4.69, 9.17) is 0 Å². The second-order valence-corrected chi connectivity index (χ2v) is 6.81. The Kier molecular flexibility index (Phi) is 5.37. The van der Waals surface area contributed by atoms with Crippen molar-refractivity contribution >= 4 is 11.9 Å². The summed E-state index contributed by atoms with van der Waals surface area (Å²) >= 11 is 0. The number of aromatic nitrogens is 2. The predicted molar refractivity (Wildman–Crippen MR) is 96.6 cm³/mol. The number of carbonyl (C=O) groups is 2. The first-order chi connectivity index (χ1) is 12.5. The molecule has 0 spiro atoms. The van der Waals surface area contributed by atoms with Gasteiger partial charge in [-0.25, -0.2) is 4.79 Å². The van der Waals surface area contributed by atoms with Crippen LogP contribution in [0.3, 0.4) is 0 Å². The number of hydrogen-bond acceptors (Lipinski definition) is 4. The van der Waals surface area contributed by atoms with Crippen molar-refractivity contribution in [2.24, 2.45) is 7.05 Å². The lowest BCUT2D eigenvalue weighted by atomic mass is 9.95. The predicted octanol–water partition coefficient (Wildman–Crippen LogP) is 1.61. The van der Waals surface area contributed by atoms with Crippen molar-refractivity contribution in [3.63, 3.8) is 0 Å². The number of rotatable bonds is 5. The molecule has 7 heteroatoms. The molecule has 3 rings (SSSR count). The summed E-state index contributed by atoms with van der Waals surface area (Å²) in [6.45, 7) is 1.14. The Hall–Kier alpha value is -2.67. The Balaban J connectivity index is 1.71. The van der Waals surface area contributed by atoms with Crippen LogP contribution >= 0.6 is 0 Å². The van der Waals surface area contributed by atoms with Gasteiger partial charge in [-0.15, -0.1) is 0 Å². The molecule has 26 heavy (non-hydrogen) atoms. The zero-order chi connectivity index (χ0) is 18.7. The average Bonchev–Trinajstić information content (AvgIpc) is 3.07. The van der Waals surface area contributed by atoms with Crippen molar-refractivity contribution in [3.8, 4) is 0 Å². The van der Waals surface area contributed by atoms with Gasteiger partial charge in [-0.1, -0.05) is 6.07 Å². The van der Waals surface area contributed by atoms with E-state index in [2.05, 4.69) is 9.88 Å². The number of likely N-dealkylation sites (tertiary alicyclic amines) is 1. The van der Waals surface area contributed by atoms with Gasteiger partial charge in [-0.05, 0) is 43.7 Å². The van der Waals surface area contributed by atoms with Crippen LogP contribution in [0.1, 0.15) is 28.9 Å². The van der Waals surface area contributed by atoms with E-state index < -0.39 is 12.0 Å². The first-order valence-electron chi connectivity index (χ1n) is 8.71. The molecule has 0 radical (unpaired) electrons. The highest BCUT2D eigenvalue weighted by Crippen LogP contribution is 2.24. The third-order valence-electron chi connectivity index (χ3n) is 5.06. The first kappa shape index (κ1) is 18.1. The third kappa shape index (κ3) is 3.77.